The van der Waals surface area contributed by atoms with E-state index in [9.17, 15) is 24.1 Å². The lowest BCUT2D eigenvalue weighted by molar-refractivity contribution is -0.385. The Bertz CT molecular complexity index is 731. The highest BCUT2D eigenvalue weighted by Gasteiger charge is 2.19. The van der Waals surface area contributed by atoms with E-state index in [4.69, 9.17) is 0 Å². The molecule has 0 radical (unpaired) electrons. The molecule has 112 valence electrons. The molecule has 7 nitrogen and oxygen atoms in total. The van der Waals surface area contributed by atoms with E-state index >= 15 is 0 Å². The minimum Gasteiger partial charge on any atom is -0.267 e. The zero-order chi connectivity index (χ0) is 16.1. The largest absolute Gasteiger partial charge is 0.282 e. The van der Waals surface area contributed by atoms with Crippen LogP contribution in [0.3, 0.4) is 0 Å². The molecule has 0 aliphatic carbocycles. The van der Waals surface area contributed by atoms with Gasteiger partial charge in [-0.2, -0.15) is 0 Å². The van der Waals surface area contributed by atoms with Gasteiger partial charge in [0, 0.05) is 11.6 Å². The van der Waals surface area contributed by atoms with Gasteiger partial charge in [-0.15, -0.1) is 0 Å². The molecule has 0 fully saturated rings. The summed E-state index contributed by atoms with van der Waals surface area (Å²) >= 11 is 0. The van der Waals surface area contributed by atoms with Crippen molar-refractivity contribution in [3.05, 3.63) is 75.6 Å². The van der Waals surface area contributed by atoms with Crippen LogP contribution in [0.5, 0.6) is 0 Å². The smallest absolute Gasteiger partial charge is 0.267 e. The molecule has 2 N–H and O–H groups in total. The molecular weight excluding hydrogens is 293 g/mol. The van der Waals surface area contributed by atoms with Crippen LogP contribution in [0, 0.1) is 15.9 Å². The van der Waals surface area contributed by atoms with Crippen LogP contribution in [-0.4, -0.2) is 16.7 Å². The van der Waals surface area contributed by atoms with E-state index in [0.717, 1.165) is 12.1 Å². The molecule has 2 amide bonds. The van der Waals surface area contributed by atoms with Crippen LogP contribution in [0.25, 0.3) is 0 Å². The molecule has 0 unspecified atom stereocenters. The second-order valence-corrected chi connectivity index (χ2v) is 4.19. The summed E-state index contributed by atoms with van der Waals surface area (Å²) in [7, 11) is 0. The van der Waals surface area contributed by atoms with Crippen molar-refractivity contribution in [2.45, 2.75) is 0 Å². The summed E-state index contributed by atoms with van der Waals surface area (Å²) in [5.41, 5.74) is 3.73. The van der Waals surface area contributed by atoms with E-state index in [2.05, 4.69) is 10.9 Å². The highest BCUT2D eigenvalue weighted by molar-refractivity contribution is 6.01. The summed E-state index contributed by atoms with van der Waals surface area (Å²) in [6.45, 7) is 0. The number of halogens is 1. The minimum atomic E-state index is -0.831. The number of rotatable bonds is 3. The van der Waals surface area contributed by atoms with Crippen molar-refractivity contribution in [1.29, 1.82) is 0 Å². The Morgan fingerprint density at radius 2 is 1.55 bits per heavy atom. The number of benzene rings is 2. The van der Waals surface area contributed by atoms with Gasteiger partial charge in [-0.25, -0.2) is 4.39 Å². The van der Waals surface area contributed by atoms with Crippen LogP contribution in [-0.2, 0) is 0 Å². The lowest BCUT2D eigenvalue weighted by Crippen LogP contribution is -2.41. The molecule has 0 saturated heterocycles. The average molecular weight is 303 g/mol. The molecule has 0 aromatic heterocycles. The van der Waals surface area contributed by atoms with Gasteiger partial charge in [-0.3, -0.25) is 30.6 Å². The molecule has 2 aromatic carbocycles. The first-order valence-corrected chi connectivity index (χ1v) is 6.08. The van der Waals surface area contributed by atoms with Crippen molar-refractivity contribution < 1.29 is 18.9 Å². The predicted octanol–water partition coefficient (Wildman–Crippen LogP) is 1.81. The summed E-state index contributed by atoms with van der Waals surface area (Å²) in [6.07, 6.45) is 0. The number of hydrogen-bond donors (Lipinski definition) is 2. The van der Waals surface area contributed by atoms with E-state index in [0.29, 0.717) is 0 Å². The van der Waals surface area contributed by atoms with E-state index in [1.165, 1.54) is 36.4 Å². The molecule has 0 spiro atoms. The van der Waals surface area contributed by atoms with Crippen LogP contribution in [0.1, 0.15) is 20.7 Å². The van der Waals surface area contributed by atoms with Crippen molar-refractivity contribution in [3.63, 3.8) is 0 Å². The molecule has 2 rings (SSSR count). The first-order valence-electron chi connectivity index (χ1n) is 6.08. The van der Waals surface area contributed by atoms with Crippen molar-refractivity contribution in [2.75, 3.05) is 0 Å². The Labute approximate surface area is 123 Å². The third-order valence-electron chi connectivity index (χ3n) is 2.74. The van der Waals surface area contributed by atoms with Crippen molar-refractivity contribution in [1.82, 2.24) is 10.9 Å². The zero-order valence-corrected chi connectivity index (χ0v) is 11.1. The second-order valence-electron chi connectivity index (χ2n) is 4.19. The number of hydrazine groups is 1. The lowest BCUT2D eigenvalue weighted by Gasteiger charge is -2.07. The summed E-state index contributed by atoms with van der Waals surface area (Å²) in [4.78, 5) is 33.7. The molecule has 0 saturated carbocycles. The van der Waals surface area contributed by atoms with Gasteiger partial charge in [0.05, 0.1) is 4.92 Å². The number of para-hydroxylation sites is 1. The van der Waals surface area contributed by atoms with E-state index in [-0.39, 0.29) is 16.8 Å². The van der Waals surface area contributed by atoms with Crippen molar-refractivity contribution >= 4 is 17.5 Å². The van der Waals surface area contributed by atoms with Crippen LogP contribution < -0.4 is 10.9 Å². The first kappa shape index (κ1) is 15.1. The quantitative estimate of drug-likeness (QED) is 0.667. The maximum Gasteiger partial charge on any atom is 0.282 e. The number of carbonyl (C=O) groups excluding carboxylic acids is 2. The van der Waals surface area contributed by atoms with Gasteiger partial charge in [-0.05, 0) is 30.3 Å². The van der Waals surface area contributed by atoms with Gasteiger partial charge >= 0.3 is 0 Å². The molecule has 0 aliphatic rings. The summed E-state index contributed by atoms with van der Waals surface area (Å²) in [5, 5.41) is 10.8. The SMILES string of the molecule is O=C(NNC(=O)c1ccccc1[N+](=O)[O-])c1ccc(F)cc1. The second kappa shape index (κ2) is 6.44. The van der Waals surface area contributed by atoms with Crippen molar-refractivity contribution in [3.8, 4) is 0 Å². The molecule has 0 atom stereocenters. The third kappa shape index (κ3) is 3.42. The van der Waals surface area contributed by atoms with Gasteiger partial charge in [-0.1, -0.05) is 12.1 Å². The number of carbonyl (C=O) groups is 2. The summed E-state index contributed by atoms with van der Waals surface area (Å²) in [5.74, 6) is -2.00. The molecule has 2 aromatic rings. The monoisotopic (exact) mass is 303 g/mol. The Hall–Kier alpha value is -3.29. The normalized spacial score (nSPS) is 9.86. The number of nitro groups is 1. The number of nitrogens with one attached hydrogen (secondary N) is 2. The fourth-order valence-electron chi connectivity index (χ4n) is 1.68. The van der Waals surface area contributed by atoms with Crippen molar-refractivity contribution in [2.24, 2.45) is 0 Å². The van der Waals surface area contributed by atoms with Crippen LogP contribution >= 0.6 is 0 Å². The fraction of sp³-hybridized carbons (Fsp3) is 0. The number of amides is 2. The number of nitro benzene ring substituents is 1. The zero-order valence-electron chi connectivity index (χ0n) is 11.1. The predicted molar refractivity (Wildman–Crippen MR) is 74.4 cm³/mol. The lowest BCUT2D eigenvalue weighted by atomic mass is 10.2. The van der Waals surface area contributed by atoms with E-state index < -0.39 is 22.6 Å². The number of nitrogens with zero attached hydrogens (tertiary/aromatic N) is 1. The molecular formula is C14H10FN3O4. The molecule has 22 heavy (non-hydrogen) atoms. The highest BCUT2D eigenvalue weighted by Crippen LogP contribution is 2.16. The Balaban J connectivity index is 2.06. The fourth-order valence-corrected chi connectivity index (χ4v) is 1.68. The van der Waals surface area contributed by atoms with Gasteiger partial charge in [0.15, 0.2) is 0 Å². The topological polar surface area (TPSA) is 101 Å². The first-order chi connectivity index (χ1) is 10.5. The maximum atomic E-state index is 12.7. The van der Waals surface area contributed by atoms with Gasteiger partial charge in [0.25, 0.3) is 17.5 Å². The molecule has 8 heteroatoms. The van der Waals surface area contributed by atoms with E-state index in [1.807, 2.05) is 0 Å². The van der Waals surface area contributed by atoms with Crippen LogP contribution in [0.15, 0.2) is 48.5 Å². The average Bonchev–Trinajstić information content (AvgIpc) is 2.53. The maximum absolute atomic E-state index is 12.7. The van der Waals surface area contributed by atoms with Gasteiger partial charge in [0.2, 0.25) is 0 Å². The third-order valence-corrected chi connectivity index (χ3v) is 2.74. The minimum absolute atomic E-state index is 0.129. The summed E-state index contributed by atoms with van der Waals surface area (Å²) in [6, 6.07) is 9.99. The van der Waals surface area contributed by atoms with Gasteiger partial charge in [0.1, 0.15) is 11.4 Å². The van der Waals surface area contributed by atoms with Crippen LogP contribution in [0.4, 0.5) is 10.1 Å². The Kier molecular flexibility index (Phi) is 4.42. The molecule has 0 aliphatic heterocycles. The van der Waals surface area contributed by atoms with E-state index in [1.54, 1.807) is 0 Å². The Morgan fingerprint density at radius 3 is 2.18 bits per heavy atom. The summed E-state index contributed by atoms with van der Waals surface area (Å²) < 4.78 is 12.7. The molecule has 0 bridgehead atoms. The molecule has 0 heterocycles. The van der Waals surface area contributed by atoms with Gasteiger partial charge < -0.3 is 0 Å². The Morgan fingerprint density at radius 1 is 0.955 bits per heavy atom. The highest BCUT2D eigenvalue weighted by atomic mass is 19.1. The number of hydrogen-bond acceptors (Lipinski definition) is 4. The standard InChI is InChI=1S/C14H10FN3O4/c15-10-7-5-9(6-8-10)13(19)16-17-14(20)11-3-1-2-4-12(11)18(21)22/h1-8H,(H,16,19)(H,17,20). The van der Waals surface area contributed by atoms with Crippen LogP contribution in [0.2, 0.25) is 0 Å².